The highest BCUT2D eigenvalue weighted by Gasteiger charge is 2.34. The van der Waals surface area contributed by atoms with Crippen molar-refractivity contribution in [2.75, 3.05) is 23.3 Å². The molecule has 2 unspecified atom stereocenters. The molecular weight excluding hydrogens is 316 g/mol. The SMILES string of the molecule is CCNc1ncnc(N2CCCC3CCCCC32)c1Br. The van der Waals surface area contributed by atoms with Gasteiger partial charge in [-0.15, -0.1) is 0 Å². The van der Waals surface area contributed by atoms with E-state index in [2.05, 4.69) is 43.0 Å². The van der Waals surface area contributed by atoms with E-state index in [9.17, 15) is 0 Å². The van der Waals surface area contributed by atoms with Crippen molar-refractivity contribution < 1.29 is 0 Å². The van der Waals surface area contributed by atoms with E-state index in [1.165, 1.54) is 38.5 Å². The van der Waals surface area contributed by atoms with Crippen molar-refractivity contribution in [2.45, 2.75) is 51.5 Å². The molecule has 1 aliphatic carbocycles. The summed E-state index contributed by atoms with van der Waals surface area (Å²) >= 11 is 3.71. The third kappa shape index (κ3) is 2.65. The van der Waals surface area contributed by atoms with Crippen molar-refractivity contribution in [3.8, 4) is 0 Å². The second-order valence-electron chi connectivity index (χ2n) is 5.84. The van der Waals surface area contributed by atoms with Crippen molar-refractivity contribution in [1.29, 1.82) is 0 Å². The van der Waals surface area contributed by atoms with Crippen molar-refractivity contribution >= 4 is 27.6 Å². The van der Waals surface area contributed by atoms with Gasteiger partial charge >= 0.3 is 0 Å². The third-order valence-electron chi connectivity index (χ3n) is 4.63. The first kappa shape index (κ1) is 14.1. The van der Waals surface area contributed by atoms with Gasteiger partial charge in [0.1, 0.15) is 22.4 Å². The summed E-state index contributed by atoms with van der Waals surface area (Å²) in [7, 11) is 0. The molecule has 3 rings (SSSR count). The molecule has 1 N–H and O–H groups in total. The number of rotatable bonds is 3. The van der Waals surface area contributed by atoms with Crippen LogP contribution < -0.4 is 10.2 Å². The molecule has 20 heavy (non-hydrogen) atoms. The van der Waals surface area contributed by atoms with Crippen molar-refractivity contribution in [3.05, 3.63) is 10.8 Å². The summed E-state index contributed by atoms with van der Waals surface area (Å²) in [5.74, 6) is 2.85. The molecule has 2 aliphatic rings. The Bertz CT molecular complexity index is 463. The molecular formula is C15H23BrN4. The van der Waals surface area contributed by atoms with Gasteiger partial charge in [0.2, 0.25) is 0 Å². The maximum Gasteiger partial charge on any atom is 0.148 e. The summed E-state index contributed by atoms with van der Waals surface area (Å²) in [5, 5.41) is 3.30. The fourth-order valence-electron chi connectivity index (χ4n) is 3.74. The monoisotopic (exact) mass is 338 g/mol. The van der Waals surface area contributed by atoms with Crippen LogP contribution in [0.15, 0.2) is 10.8 Å². The maximum absolute atomic E-state index is 4.56. The summed E-state index contributed by atoms with van der Waals surface area (Å²) in [5.41, 5.74) is 0. The number of hydrogen-bond donors (Lipinski definition) is 1. The lowest BCUT2D eigenvalue weighted by Gasteiger charge is -2.45. The van der Waals surface area contributed by atoms with Crippen LogP contribution in [-0.4, -0.2) is 29.1 Å². The van der Waals surface area contributed by atoms with Gasteiger partial charge in [0, 0.05) is 19.1 Å². The van der Waals surface area contributed by atoms with Gasteiger partial charge in [-0.1, -0.05) is 12.8 Å². The molecule has 2 heterocycles. The first-order valence-corrected chi connectivity index (χ1v) is 8.61. The number of aromatic nitrogens is 2. The van der Waals surface area contributed by atoms with Crippen molar-refractivity contribution in [1.82, 2.24) is 9.97 Å². The van der Waals surface area contributed by atoms with Gasteiger partial charge in [0.05, 0.1) is 0 Å². The van der Waals surface area contributed by atoms with Gasteiger partial charge in [-0.25, -0.2) is 9.97 Å². The van der Waals surface area contributed by atoms with E-state index in [0.29, 0.717) is 6.04 Å². The standard InChI is InChI=1S/C15H23BrN4/c1-2-17-14-13(16)15(19-10-18-14)20-9-5-7-11-6-3-4-8-12(11)20/h10-12H,2-9H2,1H3,(H,17,18,19). The first-order valence-electron chi connectivity index (χ1n) is 7.82. The van der Waals surface area contributed by atoms with E-state index in [1.54, 1.807) is 6.33 Å². The zero-order valence-corrected chi connectivity index (χ0v) is 13.7. The number of piperidine rings is 1. The number of hydrogen-bond acceptors (Lipinski definition) is 4. The summed E-state index contributed by atoms with van der Waals surface area (Å²) in [6.45, 7) is 4.09. The molecule has 1 aromatic rings. The normalized spacial score (nSPS) is 26.2. The summed E-state index contributed by atoms with van der Waals surface area (Å²) < 4.78 is 1.02. The zero-order valence-electron chi connectivity index (χ0n) is 12.1. The Labute approximate surface area is 129 Å². The van der Waals surface area contributed by atoms with Crippen LogP contribution in [-0.2, 0) is 0 Å². The highest BCUT2D eigenvalue weighted by molar-refractivity contribution is 9.10. The molecule has 1 saturated carbocycles. The van der Waals surface area contributed by atoms with Crippen LogP contribution in [0, 0.1) is 5.92 Å². The predicted octanol–water partition coefficient (Wildman–Crippen LogP) is 3.83. The molecule has 1 aliphatic heterocycles. The molecule has 1 saturated heterocycles. The van der Waals surface area contributed by atoms with Crippen LogP contribution >= 0.6 is 15.9 Å². The van der Waals surface area contributed by atoms with Gasteiger partial charge in [-0.2, -0.15) is 0 Å². The Hall–Kier alpha value is -0.840. The number of nitrogens with one attached hydrogen (secondary N) is 1. The number of nitrogens with zero attached hydrogens (tertiary/aromatic N) is 3. The van der Waals surface area contributed by atoms with Gasteiger partial charge in [0.15, 0.2) is 0 Å². The molecule has 0 amide bonds. The Morgan fingerprint density at radius 3 is 2.90 bits per heavy atom. The summed E-state index contributed by atoms with van der Waals surface area (Å²) in [6, 6.07) is 0.679. The van der Waals surface area contributed by atoms with Gasteiger partial charge in [-0.05, 0) is 54.5 Å². The highest BCUT2D eigenvalue weighted by atomic mass is 79.9. The Morgan fingerprint density at radius 2 is 2.05 bits per heavy atom. The Balaban J connectivity index is 1.89. The van der Waals surface area contributed by atoms with Crippen molar-refractivity contribution in [3.63, 3.8) is 0 Å². The topological polar surface area (TPSA) is 41.1 Å². The molecule has 0 bridgehead atoms. The lowest BCUT2D eigenvalue weighted by Crippen LogP contribution is -2.47. The van der Waals surface area contributed by atoms with E-state index in [-0.39, 0.29) is 0 Å². The average molecular weight is 339 g/mol. The molecule has 110 valence electrons. The molecule has 5 heteroatoms. The van der Waals surface area contributed by atoms with Crippen molar-refractivity contribution in [2.24, 2.45) is 5.92 Å². The third-order valence-corrected chi connectivity index (χ3v) is 5.36. The predicted molar refractivity (Wildman–Crippen MR) is 86.2 cm³/mol. The van der Waals surface area contributed by atoms with Crippen LogP contribution in [0.5, 0.6) is 0 Å². The number of halogens is 1. The average Bonchev–Trinajstić information content (AvgIpc) is 2.49. The van der Waals surface area contributed by atoms with E-state index in [0.717, 1.165) is 35.1 Å². The summed E-state index contributed by atoms with van der Waals surface area (Å²) in [6.07, 6.45) is 9.84. The Kier molecular flexibility index (Phi) is 4.44. The second kappa shape index (κ2) is 6.29. The molecule has 0 spiro atoms. The minimum absolute atomic E-state index is 0.679. The minimum Gasteiger partial charge on any atom is -0.369 e. The maximum atomic E-state index is 4.56. The van der Waals surface area contributed by atoms with Crippen LogP contribution in [0.1, 0.15) is 45.4 Å². The molecule has 0 radical (unpaired) electrons. The smallest absolute Gasteiger partial charge is 0.148 e. The molecule has 1 aromatic heterocycles. The lowest BCUT2D eigenvalue weighted by molar-refractivity contribution is 0.242. The summed E-state index contributed by atoms with van der Waals surface area (Å²) in [4.78, 5) is 11.4. The van der Waals surface area contributed by atoms with E-state index >= 15 is 0 Å². The van der Waals surface area contributed by atoms with Gasteiger partial charge in [0.25, 0.3) is 0 Å². The molecule has 2 atom stereocenters. The quantitative estimate of drug-likeness (QED) is 0.909. The first-order chi connectivity index (χ1) is 9.81. The molecule has 4 nitrogen and oxygen atoms in total. The van der Waals surface area contributed by atoms with E-state index in [4.69, 9.17) is 0 Å². The van der Waals surface area contributed by atoms with Crippen LogP contribution in [0.2, 0.25) is 0 Å². The fourth-order valence-corrected chi connectivity index (χ4v) is 4.31. The second-order valence-corrected chi connectivity index (χ2v) is 6.63. The van der Waals surface area contributed by atoms with Crippen LogP contribution in [0.4, 0.5) is 11.6 Å². The molecule has 0 aromatic carbocycles. The van der Waals surface area contributed by atoms with E-state index in [1.807, 2.05) is 0 Å². The number of fused-ring (bicyclic) bond motifs is 1. The fraction of sp³-hybridized carbons (Fsp3) is 0.733. The Morgan fingerprint density at radius 1 is 1.25 bits per heavy atom. The minimum atomic E-state index is 0.679. The van der Waals surface area contributed by atoms with Gasteiger partial charge < -0.3 is 10.2 Å². The largest absolute Gasteiger partial charge is 0.369 e. The van der Waals surface area contributed by atoms with Crippen LogP contribution in [0.25, 0.3) is 0 Å². The molecule has 2 fully saturated rings. The highest BCUT2D eigenvalue weighted by Crippen LogP contribution is 2.40. The zero-order chi connectivity index (χ0) is 13.9. The lowest BCUT2D eigenvalue weighted by atomic mass is 9.78. The number of anilines is 2. The van der Waals surface area contributed by atoms with Crippen LogP contribution in [0.3, 0.4) is 0 Å². The van der Waals surface area contributed by atoms with E-state index < -0.39 is 0 Å². The van der Waals surface area contributed by atoms with Gasteiger partial charge in [-0.3, -0.25) is 0 Å².